The summed E-state index contributed by atoms with van der Waals surface area (Å²) in [6, 6.07) is 8.16. The highest BCUT2D eigenvalue weighted by Gasteiger charge is 2.44. The van der Waals surface area contributed by atoms with Crippen molar-refractivity contribution in [3.8, 4) is 11.4 Å². The molecule has 0 unspecified atom stereocenters. The Hall–Kier alpha value is -2.98. The van der Waals surface area contributed by atoms with E-state index in [1.54, 1.807) is 30.2 Å². The molecule has 1 aliphatic rings. The number of hydrogen-bond acceptors (Lipinski definition) is 6. The molecular formula is C27H29BrClFN4O4. The summed E-state index contributed by atoms with van der Waals surface area (Å²) < 4.78 is 26.7. The topological polar surface area (TPSA) is 86.6 Å². The molecule has 0 atom stereocenters. The predicted octanol–water partition coefficient (Wildman–Crippen LogP) is 5.23. The molecule has 2 aromatic carbocycles. The molecule has 0 saturated carbocycles. The normalized spacial score (nSPS) is 14.8. The zero-order valence-electron chi connectivity index (χ0n) is 21.5. The Labute approximate surface area is 234 Å². The van der Waals surface area contributed by atoms with Crippen LogP contribution in [0.15, 0.2) is 41.0 Å². The molecule has 1 saturated heterocycles. The number of benzene rings is 2. The fourth-order valence-electron chi connectivity index (χ4n) is 4.63. The molecule has 0 bridgehead atoms. The summed E-state index contributed by atoms with van der Waals surface area (Å²) in [7, 11) is 0. The van der Waals surface area contributed by atoms with Gasteiger partial charge in [-0.25, -0.2) is 9.07 Å². The number of aromatic nitrogens is 3. The van der Waals surface area contributed by atoms with Crippen LogP contribution >= 0.6 is 27.5 Å². The third-order valence-corrected chi connectivity index (χ3v) is 7.99. The molecule has 4 rings (SSSR count). The van der Waals surface area contributed by atoms with E-state index in [0.717, 1.165) is 11.1 Å². The number of piperidine rings is 1. The second kappa shape index (κ2) is 11.8. The van der Waals surface area contributed by atoms with Gasteiger partial charge in [-0.15, -0.1) is 5.10 Å². The molecule has 1 aliphatic heterocycles. The fraction of sp³-hybridized carbons (Fsp3) is 0.407. The molecular weight excluding hydrogens is 579 g/mol. The van der Waals surface area contributed by atoms with Crippen molar-refractivity contribution in [2.75, 3.05) is 26.3 Å². The Kier molecular flexibility index (Phi) is 8.72. The summed E-state index contributed by atoms with van der Waals surface area (Å²) in [5.41, 5.74) is 2.18. The number of carbonyl (C=O) groups excluding carboxylic acids is 2. The van der Waals surface area contributed by atoms with Crippen molar-refractivity contribution in [3.05, 3.63) is 68.7 Å². The largest absolute Gasteiger partial charge is 0.484 e. The lowest BCUT2D eigenvalue weighted by Gasteiger charge is -2.39. The third kappa shape index (κ3) is 6.18. The van der Waals surface area contributed by atoms with Crippen LogP contribution in [-0.4, -0.2) is 58.1 Å². The van der Waals surface area contributed by atoms with Crippen LogP contribution in [0.2, 0.25) is 5.02 Å². The van der Waals surface area contributed by atoms with Crippen LogP contribution < -0.4 is 4.74 Å². The minimum absolute atomic E-state index is 0.103. The number of esters is 1. The summed E-state index contributed by atoms with van der Waals surface area (Å²) in [5.74, 6) is -0.248. The number of nitrogens with zero attached hydrogens (tertiary/aromatic N) is 4. The van der Waals surface area contributed by atoms with E-state index in [1.807, 2.05) is 26.0 Å². The Morgan fingerprint density at radius 3 is 2.47 bits per heavy atom. The average molecular weight is 608 g/mol. The van der Waals surface area contributed by atoms with E-state index in [-0.39, 0.29) is 30.9 Å². The van der Waals surface area contributed by atoms with Gasteiger partial charge in [0.1, 0.15) is 11.6 Å². The maximum atomic E-state index is 13.6. The molecule has 3 aromatic rings. The van der Waals surface area contributed by atoms with Crippen LogP contribution in [0.25, 0.3) is 5.69 Å². The van der Waals surface area contributed by atoms with E-state index in [1.165, 1.54) is 10.7 Å². The Morgan fingerprint density at radius 2 is 1.84 bits per heavy atom. The van der Waals surface area contributed by atoms with Gasteiger partial charge in [0.2, 0.25) is 0 Å². The van der Waals surface area contributed by atoms with Crippen LogP contribution in [0.1, 0.15) is 36.6 Å². The predicted molar refractivity (Wildman–Crippen MR) is 144 cm³/mol. The zero-order valence-corrected chi connectivity index (χ0v) is 23.8. The van der Waals surface area contributed by atoms with Gasteiger partial charge in [-0.2, -0.15) is 0 Å². The van der Waals surface area contributed by atoms with Gasteiger partial charge in [0.05, 0.1) is 34.1 Å². The molecule has 2 heterocycles. The first-order chi connectivity index (χ1) is 18.1. The minimum Gasteiger partial charge on any atom is -0.484 e. The third-order valence-electron chi connectivity index (χ3n) is 6.78. The lowest BCUT2D eigenvalue weighted by atomic mass is 9.74. The van der Waals surface area contributed by atoms with E-state index < -0.39 is 5.41 Å². The monoisotopic (exact) mass is 606 g/mol. The smallest absolute Gasteiger partial charge is 0.312 e. The van der Waals surface area contributed by atoms with Crippen LogP contribution in [0.4, 0.5) is 4.39 Å². The van der Waals surface area contributed by atoms with Crippen molar-refractivity contribution in [3.63, 3.8) is 0 Å². The summed E-state index contributed by atoms with van der Waals surface area (Å²) in [4.78, 5) is 27.7. The molecule has 11 heteroatoms. The van der Waals surface area contributed by atoms with Crippen LogP contribution in [0.5, 0.6) is 5.75 Å². The number of rotatable bonds is 8. The molecule has 0 spiro atoms. The maximum Gasteiger partial charge on any atom is 0.312 e. The quantitative estimate of drug-likeness (QED) is 0.326. The van der Waals surface area contributed by atoms with Crippen molar-refractivity contribution in [2.45, 2.75) is 40.0 Å². The number of ether oxygens (including phenoxy) is 2. The van der Waals surface area contributed by atoms with Gasteiger partial charge < -0.3 is 14.4 Å². The van der Waals surface area contributed by atoms with Gasteiger partial charge in [-0.1, -0.05) is 16.8 Å². The van der Waals surface area contributed by atoms with Crippen molar-refractivity contribution < 1.29 is 23.5 Å². The zero-order chi connectivity index (χ0) is 27.4. The van der Waals surface area contributed by atoms with E-state index >= 15 is 0 Å². The molecule has 0 N–H and O–H groups in total. The highest BCUT2D eigenvalue weighted by molar-refractivity contribution is 9.10. The number of halogens is 3. The molecule has 1 amide bonds. The number of carbonyl (C=O) groups is 2. The van der Waals surface area contributed by atoms with E-state index in [9.17, 15) is 14.0 Å². The van der Waals surface area contributed by atoms with E-state index in [0.29, 0.717) is 59.0 Å². The van der Waals surface area contributed by atoms with Crippen LogP contribution in [-0.2, 0) is 20.7 Å². The van der Waals surface area contributed by atoms with Gasteiger partial charge in [0.25, 0.3) is 5.91 Å². The van der Waals surface area contributed by atoms with E-state index in [2.05, 4.69) is 26.2 Å². The van der Waals surface area contributed by atoms with Crippen molar-refractivity contribution in [1.29, 1.82) is 0 Å². The first kappa shape index (κ1) is 28.0. The Morgan fingerprint density at radius 1 is 1.16 bits per heavy atom. The van der Waals surface area contributed by atoms with Gasteiger partial charge in [0, 0.05) is 24.5 Å². The molecule has 202 valence electrons. The maximum absolute atomic E-state index is 13.6. The SMILES string of the molecule is CCOC(=O)C1(Cc2cn(-c3ccc(F)c(Br)c3)nn2)CCN(C(=O)COc2cc(C)c(Cl)c(C)c2)CC1. The summed E-state index contributed by atoms with van der Waals surface area (Å²) in [5, 5.41) is 9.09. The summed E-state index contributed by atoms with van der Waals surface area (Å²) >= 11 is 9.40. The minimum atomic E-state index is -0.831. The average Bonchev–Trinajstić information content (AvgIpc) is 3.36. The van der Waals surface area contributed by atoms with Crippen LogP contribution in [0.3, 0.4) is 0 Å². The summed E-state index contributed by atoms with van der Waals surface area (Å²) in [6.07, 6.45) is 2.88. The van der Waals surface area contributed by atoms with Crippen LogP contribution in [0, 0.1) is 25.1 Å². The molecule has 0 aliphatic carbocycles. The van der Waals surface area contributed by atoms with Gasteiger partial charge in [-0.05, 0) is 91.0 Å². The Balaban J connectivity index is 1.42. The molecule has 0 radical (unpaired) electrons. The van der Waals surface area contributed by atoms with Crippen molar-refractivity contribution in [2.24, 2.45) is 5.41 Å². The van der Waals surface area contributed by atoms with Crippen molar-refractivity contribution >= 4 is 39.4 Å². The summed E-state index contributed by atoms with van der Waals surface area (Å²) in [6.45, 7) is 6.48. The fourth-order valence-corrected chi connectivity index (χ4v) is 5.10. The number of hydrogen-bond donors (Lipinski definition) is 0. The van der Waals surface area contributed by atoms with Crippen molar-refractivity contribution in [1.82, 2.24) is 19.9 Å². The molecule has 8 nitrogen and oxygen atoms in total. The number of likely N-dealkylation sites (tertiary alicyclic amines) is 1. The number of amides is 1. The molecule has 1 fully saturated rings. The molecule has 38 heavy (non-hydrogen) atoms. The lowest BCUT2D eigenvalue weighted by molar-refractivity contribution is -0.160. The van der Waals surface area contributed by atoms with Gasteiger partial charge >= 0.3 is 5.97 Å². The Bertz CT molecular complexity index is 1320. The van der Waals surface area contributed by atoms with Gasteiger partial charge in [0.15, 0.2) is 6.61 Å². The molecule has 1 aromatic heterocycles. The van der Waals surface area contributed by atoms with Gasteiger partial charge in [-0.3, -0.25) is 9.59 Å². The second-order valence-corrected chi connectivity index (χ2v) is 10.7. The highest BCUT2D eigenvalue weighted by Crippen LogP contribution is 2.37. The first-order valence-electron chi connectivity index (χ1n) is 12.3. The second-order valence-electron chi connectivity index (χ2n) is 9.47. The highest BCUT2D eigenvalue weighted by atomic mass is 79.9. The number of aryl methyl sites for hydroxylation is 2. The first-order valence-corrected chi connectivity index (χ1v) is 13.5. The lowest BCUT2D eigenvalue weighted by Crippen LogP contribution is -2.49. The van der Waals surface area contributed by atoms with E-state index in [4.69, 9.17) is 21.1 Å². The standard InChI is InChI=1S/C27H29BrClFN4O4/c1-4-37-26(36)27(14-19-15-34(32-31-19)20-5-6-23(30)22(28)13-20)7-9-33(10-8-27)24(35)16-38-21-11-17(2)25(29)18(3)12-21/h5-6,11-13,15H,4,7-10,14,16H2,1-3H3.